The van der Waals surface area contributed by atoms with E-state index in [1.54, 1.807) is 5.57 Å². The van der Waals surface area contributed by atoms with Crippen LogP contribution in [0.1, 0.15) is 45.4 Å². The average molecular weight is 180 g/mol. The van der Waals surface area contributed by atoms with Crippen LogP contribution in [0, 0.1) is 5.92 Å². The number of fused-ring (bicyclic) bond motifs is 1. The topological polar surface area (TPSA) is 24.1 Å². The van der Waals surface area contributed by atoms with Gasteiger partial charge in [-0.15, -0.1) is 0 Å². The van der Waals surface area contributed by atoms with Crippen molar-refractivity contribution in [3.63, 3.8) is 0 Å². The van der Waals surface area contributed by atoms with Gasteiger partial charge >= 0.3 is 0 Å². The summed E-state index contributed by atoms with van der Waals surface area (Å²) in [5.41, 5.74) is 8.12. The normalized spacial score (nSPS) is 35.0. The first-order valence-electron chi connectivity index (χ1n) is 5.58. The van der Waals surface area contributed by atoms with Crippen LogP contribution in [0.4, 0.5) is 0 Å². The van der Waals surface area contributed by atoms with Crippen molar-refractivity contribution in [2.75, 3.05) is 0 Å². The van der Waals surface area contributed by atoms with Crippen LogP contribution in [-0.4, -0.2) is 6.04 Å². The van der Waals surface area contributed by atoms with E-state index in [2.05, 4.69) is 24.0 Å². The Bertz CT molecular complexity index is 198. The third kappa shape index (κ3) is 2.05. The van der Waals surface area contributed by atoms with Crippen molar-refractivity contribution in [2.24, 2.45) is 5.92 Å². The fourth-order valence-electron chi connectivity index (χ4n) is 2.53. The molecule has 1 fully saturated rings. The second-order valence-corrected chi connectivity index (χ2v) is 4.36. The molecule has 74 valence electrons. The number of hydrogen-bond donors (Lipinski definition) is 2. The number of hydrogen-bond acceptors (Lipinski definition) is 2. The molecule has 1 heterocycles. The Balaban J connectivity index is 2.06. The highest BCUT2D eigenvalue weighted by molar-refractivity contribution is 5.11. The van der Waals surface area contributed by atoms with Crippen molar-refractivity contribution >= 4 is 0 Å². The van der Waals surface area contributed by atoms with Gasteiger partial charge in [0.05, 0.1) is 0 Å². The molecule has 0 spiro atoms. The third-order valence-corrected chi connectivity index (χ3v) is 3.38. The van der Waals surface area contributed by atoms with Crippen LogP contribution in [0.15, 0.2) is 11.8 Å². The van der Waals surface area contributed by atoms with E-state index in [4.69, 9.17) is 0 Å². The maximum absolute atomic E-state index is 3.30. The van der Waals surface area contributed by atoms with Crippen molar-refractivity contribution < 1.29 is 0 Å². The first-order valence-corrected chi connectivity index (χ1v) is 5.58. The predicted octanol–water partition coefficient (Wildman–Crippen LogP) is 2.34. The summed E-state index contributed by atoms with van der Waals surface area (Å²) in [6.45, 7) is 2.28. The summed E-state index contributed by atoms with van der Waals surface area (Å²) < 4.78 is 0. The Morgan fingerprint density at radius 3 is 3.00 bits per heavy atom. The molecule has 0 aromatic carbocycles. The molecule has 0 radical (unpaired) electrons. The molecule has 0 amide bonds. The van der Waals surface area contributed by atoms with Crippen molar-refractivity contribution in [1.82, 2.24) is 10.9 Å². The molecule has 1 saturated carbocycles. The van der Waals surface area contributed by atoms with E-state index in [0.29, 0.717) is 6.04 Å². The maximum Gasteiger partial charge on any atom is 0.0298 e. The van der Waals surface area contributed by atoms with Gasteiger partial charge in [-0.1, -0.05) is 19.3 Å². The van der Waals surface area contributed by atoms with Gasteiger partial charge in [-0.3, -0.25) is 0 Å². The molecule has 2 nitrogen and oxygen atoms in total. The van der Waals surface area contributed by atoms with Gasteiger partial charge in [-0.25, -0.2) is 5.43 Å². The monoisotopic (exact) mass is 180 g/mol. The molecular formula is C11H20N2. The fourth-order valence-corrected chi connectivity index (χ4v) is 2.53. The molecule has 1 aliphatic heterocycles. The Kier molecular flexibility index (Phi) is 2.89. The van der Waals surface area contributed by atoms with Crippen molar-refractivity contribution in [3.05, 3.63) is 11.8 Å². The average Bonchev–Trinajstić information content (AvgIpc) is 2.07. The smallest absolute Gasteiger partial charge is 0.0298 e. The summed E-state index contributed by atoms with van der Waals surface area (Å²) in [4.78, 5) is 0. The molecule has 2 atom stereocenters. The van der Waals surface area contributed by atoms with Crippen molar-refractivity contribution in [2.45, 2.75) is 51.5 Å². The Morgan fingerprint density at radius 2 is 2.08 bits per heavy atom. The lowest BCUT2D eigenvalue weighted by atomic mass is 9.82. The third-order valence-electron chi connectivity index (χ3n) is 3.38. The van der Waals surface area contributed by atoms with Crippen LogP contribution in [0.2, 0.25) is 0 Å². The molecule has 2 rings (SSSR count). The van der Waals surface area contributed by atoms with E-state index in [0.717, 1.165) is 5.92 Å². The first-order chi connectivity index (χ1) is 6.38. The maximum atomic E-state index is 3.30. The van der Waals surface area contributed by atoms with Gasteiger partial charge in [0.25, 0.3) is 0 Å². The molecule has 2 heteroatoms. The summed E-state index contributed by atoms with van der Waals surface area (Å²) in [6.07, 6.45) is 10.5. The lowest BCUT2D eigenvalue weighted by molar-refractivity contribution is 0.321. The second kappa shape index (κ2) is 4.14. The summed E-state index contributed by atoms with van der Waals surface area (Å²) in [7, 11) is 0. The highest BCUT2D eigenvalue weighted by Gasteiger charge is 2.24. The molecule has 13 heavy (non-hydrogen) atoms. The minimum absolute atomic E-state index is 0.609. The van der Waals surface area contributed by atoms with E-state index in [1.807, 2.05) is 0 Å². The van der Waals surface area contributed by atoms with Crippen LogP contribution >= 0.6 is 0 Å². The van der Waals surface area contributed by atoms with Crippen LogP contribution in [0.25, 0.3) is 0 Å². The van der Waals surface area contributed by atoms with Gasteiger partial charge < -0.3 is 5.43 Å². The number of rotatable bonds is 0. The zero-order chi connectivity index (χ0) is 9.10. The first kappa shape index (κ1) is 9.07. The highest BCUT2D eigenvalue weighted by atomic mass is 15.4. The van der Waals surface area contributed by atoms with E-state index in [-0.39, 0.29) is 0 Å². The molecule has 2 unspecified atom stereocenters. The lowest BCUT2D eigenvalue weighted by Gasteiger charge is -2.33. The zero-order valence-electron chi connectivity index (χ0n) is 8.47. The Morgan fingerprint density at radius 1 is 1.23 bits per heavy atom. The van der Waals surface area contributed by atoms with Crippen molar-refractivity contribution in [3.8, 4) is 0 Å². The SMILES string of the molecule is CC1NNC=C2CCCCCCC21. The van der Waals surface area contributed by atoms with Crippen LogP contribution < -0.4 is 10.9 Å². The van der Waals surface area contributed by atoms with Gasteiger partial charge in [-0.2, -0.15) is 0 Å². The zero-order valence-corrected chi connectivity index (χ0v) is 8.47. The minimum atomic E-state index is 0.609. The number of nitrogens with one attached hydrogen (secondary N) is 2. The lowest BCUT2D eigenvalue weighted by Crippen LogP contribution is -2.45. The van der Waals surface area contributed by atoms with Crippen LogP contribution in [0.5, 0.6) is 0 Å². The van der Waals surface area contributed by atoms with Gasteiger partial charge in [0.1, 0.15) is 0 Å². The molecule has 1 aliphatic carbocycles. The quantitative estimate of drug-likeness (QED) is 0.598. The predicted molar refractivity (Wildman–Crippen MR) is 55.0 cm³/mol. The Hall–Kier alpha value is -0.500. The van der Waals surface area contributed by atoms with E-state index >= 15 is 0 Å². The van der Waals surface area contributed by atoms with Crippen molar-refractivity contribution in [1.29, 1.82) is 0 Å². The van der Waals surface area contributed by atoms with Crippen LogP contribution in [0.3, 0.4) is 0 Å². The molecule has 0 saturated heterocycles. The fraction of sp³-hybridized carbons (Fsp3) is 0.818. The molecule has 2 N–H and O–H groups in total. The standard InChI is InChI=1S/C11H20N2/c1-9-11-7-5-3-2-4-6-10(11)8-12-13-9/h8-9,11-13H,2-7H2,1H3. The summed E-state index contributed by atoms with van der Waals surface area (Å²) in [5, 5.41) is 0. The highest BCUT2D eigenvalue weighted by Crippen LogP contribution is 2.30. The van der Waals surface area contributed by atoms with Crippen LogP contribution in [-0.2, 0) is 0 Å². The summed E-state index contributed by atoms with van der Waals surface area (Å²) >= 11 is 0. The second-order valence-electron chi connectivity index (χ2n) is 4.36. The number of hydrazine groups is 1. The Labute approximate surface area is 80.8 Å². The van der Waals surface area contributed by atoms with E-state index in [1.165, 1.54) is 38.5 Å². The molecule has 0 aromatic rings. The summed E-state index contributed by atoms with van der Waals surface area (Å²) in [6, 6.07) is 0.609. The van der Waals surface area contributed by atoms with Gasteiger partial charge in [-0.05, 0) is 37.7 Å². The molecule has 0 aromatic heterocycles. The minimum Gasteiger partial charge on any atom is -0.329 e. The summed E-state index contributed by atoms with van der Waals surface area (Å²) in [5.74, 6) is 0.793. The van der Waals surface area contributed by atoms with Gasteiger partial charge in [0.2, 0.25) is 0 Å². The van der Waals surface area contributed by atoms with Gasteiger partial charge in [0, 0.05) is 12.2 Å². The largest absolute Gasteiger partial charge is 0.329 e. The van der Waals surface area contributed by atoms with Gasteiger partial charge in [0.15, 0.2) is 0 Å². The molecule has 0 bridgehead atoms. The van der Waals surface area contributed by atoms with E-state index in [9.17, 15) is 0 Å². The molecule has 2 aliphatic rings. The van der Waals surface area contributed by atoms with E-state index < -0.39 is 0 Å². The molecular weight excluding hydrogens is 160 g/mol.